The monoisotopic (exact) mass is 494 g/mol. The van der Waals surface area contributed by atoms with Gasteiger partial charge in [-0.25, -0.2) is 0 Å². The fourth-order valence-corrected chi connectivity index (χ4v) is 9.23. The van der Waals surface area contributed by atoms with Crippen molar-refractivity contribution in [2.24, 2.45) is 0 Å². The first kappa shape index (κ1) is 29.1. The molecule has 0 amide bonds. The van der Waals surface area contributed by atoms with E-state index in [9.17, 15) is 4.79 Å². The fourth-order valence-electron chi connectivity index (χ4n) is 4.62. The Morgan fingerprint density at radius 2 is 1.40 bits per heavy atom. The molecular weight excluding hydrogens is 448 g/mol. The molecule has 0 atom stereocenters. The number of ether oxygens (including phenoxy) is 1. The van der Waals surface area contributed by atoms with Gasteiger partial charge in [0.15, 0.2) is 0 Å². The lowest BCUT2D eigenvalue weighted by atomic mass is 10.1. The molecule has 0 unspecified atom stereocenters. The van der Waals surface area contributed by atoms with Crippen molar-refractivity contribution in [1.29, 1.82) is 0 Å². The van der Waals surface area contributed by atoms with Crippen LogP contribution in [0.4, 0.5) is 0 Å². The van der Waals surface area contributed by atoms with Crippen LogP contribution >= 0.6 is 0 Å². The summed E-state index contributed by atoms with van der Waals surface area (Å²) in [6.07, 6.45) is 13.4. The first-order chi connectivity index (χ1) is 16.9. The average Bonchev–Trinajstić information content (AvgIpc) is 2.85. The predicted molar refractivity (Wildman–Crippen MR) is 151 cm³/mol. The van der Waals surface area contributed by atoms with Crippen molar-refractivity contribution in [2.45, 2.75) is 90.5 Å². The number of rotatable bonds is 16. The lowest BCUT2D eigenvalue weighted by Crippen LogP contribution is -2.66. The summed E-state index contributed by atoms with van der Waals surface area (Å²) in [6.45, 7) is 10.2. The molecule has 0 aromatic heterocycles. The molecule has 0 fully saturated rings. The largest absolute Gasteiger partial charge is 0.461 e. The van der Waals surface area contributed by atoms with Crippen LogP contribution in [0, 0.1) is 0 Å². The summed E-state index contributed by atoms with van der Waals surface area (Å²) in [5.74, 6) is -0.103. The van der Waals surface area contributed by atoms with Crippen LogP contribution < -0.4 is 10.4 Å². The highest BCUT2D eigenvalue weighted by Crippen LogP contribution is 2.36. The highest BCUT2D eigenvalue weighted by atomic mass is 28.4. The summed E-state index contributed by atoms with van der Waals surface area (Å²) in [6, 6.07) is 21.5. The van der Waals surface area contributed by atoms with Gasteiger partial charge in [0.25, 0.3) is 8.32 Å². The minimum absolute atomic E-state index is 0.0109. The van der Waals surface area contributed by atoms with Gasteiger partial charge in [0.2, 0.25) is 0 Å². The normalized spacial score (nSPS) is 12.2. The van der Waals surface area contributed by atoms with E-state index in [4.69, 9.17) is 9.16 Å². The fraction of sp³-hybridized carbons (Fsp3) is 0.516. The highest BCUT2D eigenvalue weighted by molar-refractivity contribution is 6.99. The molecule has 0 saturated heterocycles. The minimum Gasteiger partial charge on any atom is -0.461 e. The van der Waals surface area contributed by atoms with Gasteiger partial charge >= 0.3 is 5.97 Å². The molecule has 0 aliphatic carbocycles. The summed E-state index contributed by atoms with van der Waals surface area (Å²) >= 11 is 0. The van der Waals surface area contributed by atoms with Gasteiger partial charge in [-0.2, -0.15) is 0 Å². The zero-order valence-corrected chi connectivity index (χ0v) is 23.4. The molecule has 2 rings (SSSR count). The molecule has 0 spiro atoms. The van der Waals surface area contributed by atoms with E-state index >= 15 is 0 Å². The lowest BCUT2D eigenvalue weighted by molar-refractivity contribution is -0.142. The first-order valence-corrected chi connectivity index (χ1v) is 15.4. The summed E-state index contributed by atoms with van der Waals surface area (Å²) in [5, 5.41) is 2.60. The SMILES string of the molecule is CCCCCC/C=C\COC(=O)CCCCCO[Si](c1ccccc1)(c1ccccc1)C(C)(C)C. The van der Waals surface area contributed by atoms with Crippen molar-refractivity contribution in [3.63, 3.8) is 0 Å². The number of hydrogen-bond acceptors (Lipinski definition) is 3. The van der Waals surface area contributed by atoms with Gasteiger partial charge in [-0.3, -0.25) is 4.79 Å². The minimum atomic E-state index is -2.47. The second kappa shape index (κ2) is 15.7. The molecule has 0 aliphatic heterocycles. The number of hydrogen-bond donors (Lipinski definition) is 0. The molecule has 4 heteroatoms. The highest BCUT2D eigenvalue weighted by Gasteiger charge is 2.49. The van der Waals surface area contributed by atoms with Crippen molar-refractivity contribution in [3.05, 3.63) is 72.8 Å². The number of carbonyl (C=O) groups is 1. The van der Waals surface area contributed by atoms with Crippen LogP contribution in [0.3, 0.4) is 0 Å². The molecule has 0 N–H and O–H groups in total. The maximum atomic E-state index is 12.0. The number of esters is 1. The Balaban J connectivity index is 1.81. The van der Waals surface area contributed by atoms with Gasteiger partial charge in [0.1, 0.15) is 6.61 Å². The zero-order valence-electron chi connectivity index (χ0n) is 22.4. The summed E-state index contributed by atoms with van der Waals surface area (Å²) in [5.41, 5.74) is 0. The van der Waals surface area contributed by atoms with Crippen molar-refractivity contribution < 1.29 is 14.0 Å². The van der Waals surface area contributed by atoms with Crippen molar-refractivity contribution in [1.82, 2.24) is 0 Å². The second-order valence-electron chi connectivity index (χ2n) is 10.3. The van der Waals surface area contributed by atoms with Crippen LogP contribution in [0.1, 0.15) is 85.5 Å². The van der Waals surface area contributed by atoms with Gasteiger partial charge in [-0.05, 0) is 41.1 Å². The van der Waals surface area contributed by atoms with Gasteiger partial charge in [-0.1, -0.05) is 126 Å². The predicted octanol–water partition coefficient (Wildman–Crippen LogP) is 7.19. The van der Waals surface area contributed by atoms with E-state index in [1.165, 1.54) is 36.1 Å². The Bertz CT molecular complexity index is 816. The van der Waals surface area contributed by atoms with Crippen LogP contribution in [-0.4, -0.2) is 27.5 Å². The van der Waals surface area contributed by atoms with E-state index in [0.29, 0.717) is 19.6 Å². The van der Waals surface area contributed by atoms with Crippen LogP contribution in [0.25, 0.3) is 0 Å². The number of carbonyl (C=O) groups excluding carboxylic acids is 1. The quantitative estimate of drug-likeness (QED) is 0.107. The molecule has 0 bridgehead atoms. The maximum Gasteiger partial charge on any atom is 0.306 e. The molecule has 3 nitrogen and oxygen atoms in total. The molecule has 192 valence electrons. The Morgan fingerprint density at radius 1 is 0.800 bits per heavy atom. The van der Waals surface area contributed by atoms with Crippen molar-refractivity contribution in [2.75, 3.05) is 13.2 Å². The third-order valence-corrected chi connectivity index (χ3v) is 11.5. The standard InChI is InChI=1S/C31H46O3Si/c1-5-6-7-8-9-10-19-26-33-30(32)25-18-13-20-27-34-35(31(2,3)4,28-21-14-11-15-22-28)29-23-16-12-17-24-29/h10-12,14-17,19,21-24H,5-9,13,18,20,25-27H2,1-4H3/b19-10-. The maximum absolute atomic E-state index is 12.0. The number of unbranched alkanes of at least 4 members (excludes halogenated alkanes) is 6. The molecule has 2 aromatic carbocycles. The zero-order chi connectivity index (χ0) is 25.4. The summed E-state index contributed by atoms with van der Waals surface area (Å²) in [7, 11) is -2.47. The van der Waals surface area contributed by atoms with Crippen LogP contribution in [0.15, 0.2) is 72.8 Å². The summed E-state index contributed by atoms with van der Waals surface area (Å²) in [4.78, 5) is 12.0. The number of allylic oxidation sites excluding steroid dienone is 1. The molecular formula is C31H46O3Si. The lowest BCUT2D eigenvalue weighted by Gasteiger charge is -2.43. The Kier molecular flexibility index (Phi) is 13.1. The molecule has 35 heavy (non-hydrogen) atoms. The average molecular weight is 495 g/mol. The van der Waals surface area contributed by atoms with Crippen LogP contribution in [-0.2, 0) is 14.0 Å². The van der Waals surface area contributed by atoms with Crippen LogP contribution in [0.2, 0.25) is 5.04 Å². The molecule has 0 aliphatic rings. The van der Waals surface area contributed by atoms with E-state index in [-0.39, 0.29) is 11.0 Å². The molecule has 2 aromatic rings. The van der Waals surface area contributed by atoms with Gasteiger partial charge < -0.3 is 9.16 Å². The van der Waals surface area contributed by atoms with Gasteiger partial charge in [0.05, 0.1) is 0 Å². The smallest absolute Gasteiger partial charge is 0.306 e. The van der Waals surface area contributed by atoms with E-state index in [0.717, 1.165) is 25.7 Å². The van der Waals surface area contributed by atoms with Crippen LogP contribution in [0.5, 0.6) is 0 Å². The van der Waals surface area contributed by atoms with Crippen molar-refractivity contribution >= 4 is 24.7 Å². The van der Waals surface area contributed by atoms with Crippen molar-refractivity contribution in [3.8, 4) is 0 Å². The molecule has 0 saturated carbocycles. The Hall–Kier alpha value is -2.17. The topological polar surface area (TPSA) is 35.5 Å². The van der Waals surface area contributed by atoms with E-state index in [1.54, 1.807) is 0 Å². The Morgan fingerprint density at radius 3 is 1.97 bits per heavy atom. The van der Waals surface area contributed by atoms with E-state index in [1.807, 2.05) is 6.08 Å². The van der Waals surface area contributed by atoms with E-state index in [2.05, 4.69) is 94.4 Å². The molecule has 0 heterocycles. The van der Waals surface area contributed by atoms with E-state index < -0.39 is 8.32 Å². The third kappa shape index (κ3) is 9.42. The van der Waals surface area contributed by atoms with Gasteiger partial charge in [0, 0.05) is 13.0 Å². The third-order valence-electron chi connectivity index (χ3n) is 6.49. The Labute approximate surface area is 215 Å². The first-order valence-electron chi connectivity index (χ1n) is 13.5. The molecule has 0 radical (unpaired) electrons. The summed E-state index contributed by atoms with van der Waals surface area (Å²) < 4.78 is 12.3. The second-order valence-corrected chi connectivity index (χ2v) is 14.6. The van der Waals surface area contributed by atoms with Gasteiger partial charge in [-0.15, -0.1) is 0 Å². The number of benzene rings is 2.